The van der Waals surface area contributed by atoms with Gasteiger partial charge in [0.2, 0.25) is 5.82 Å². The van der Waals surface area contributed by atoms with Crippen molar-refractivity contribution in [3.63, 3.8) is 0 Å². The highest BCUT2D eigenvalue weighted by Crippen LogP contribution is 2.30. The van der Waals surface area contributed by atoms with E-state index in [1.807, 2.05) is 0 Å². The highest BCUT2D eigenvalue weighted by atomic mass is 79.9. The average Bonchev–Trinajstić information content (AvgIpc) is 2.46. The van der Waals surface area contributed by atoms with Crippen LogP contribution in [0.25, 0.3) is 0 Å². The van der Waals surface area contributed by atoms with Gasteiger partial charge in [0, 0.05) is 23.3 Å². The summed E-state index contributed by atoms with van der Waals surface area (Å²) >= 11 is 3.16. The van der Waals surface area contributed by atoms with Crippen LogP contribution in [0, 0.1) is 22.0 Å². The van der Waals surface area contributed by atoms with Gasteiger partial charge in [-0.15, -0.1) is 0 Å². The van der Waals surface area contributed by atoms with Gasteiger partial charge in [0.05, 0.1) is 10.8 Å². The van der Waals surface area contributed by atoms with Gasteiger partial charge < -0.3 is 10.4 Å². The Morgan fingerprint density at radius 3 is 2.71 bits per heavy atom. The molecule has 2 rings (SSSR count). The molecule has 8 heteroatoms. The third-order valence-electron chi connectivity index (χ3n) is 3.79. The quantitative estimate of drug-likeness (QED) is 0.619. The van der Waals surface area contributed by atoms with Gasteiger partial charge in [0.25, 0.3) is 0 Å². The Balaban J connectivity index is 1.92. The van der Waals surface area contributed by atoms with E-state index >= 15 is 0 Å². The van der Waals surface area contributed by atoms with Crippen LogP contribution in [0.15, 0.2) is 16.7 Å². The van der Waals surface area contributed by atoms with Crippen molar-refractivity contribution in [3.8, 4) is 0 Å². The molecule has 0 aliphatic heterocycles. The van der Waals surface area contributed by atoms with Gasteiger partial charge in [-0.1, -0.05) is 0 Å². The Morgan fingerprint density at radius 2 is 2.14 bits per heavy atom. The normalized spacial score (nSPS) is 21.8. The second kappa shape index (κ2) is 6.84. The molecule has 1 aliphatic rings. The highest BCUT2D eigenvalue weighted by Gasteiger charge is 2.26. The lowest BCUT2D eigenvalue weighted by molar-refractivity contribution is -0.384. The summed E-state index contributed by atoms with van der Waals surface area (Å²) in [5.41, 5.74) is -0.0661. The molecule has 1 fully saturated rings. The average molecular weight is 358 g/mol. The monoisotopic (exact) mass is 357 g/mol. The molecule has 1 aromatic rings. The molecule has 1 aliphatic carbocycles. The van der Waals surface area contributed by atoms with E-state index in [0.717, 1.165) is 12.8 Å². The molecule has 2 N–H and O–H groups in total. The fraction of sp³-hybridized carbons (Fsp3) is 0.538. The Labute approximate surface area is 130 Å². The molecule has 0 atom stereocenters. The molecule has 0 aromatic carbocycles. The van der Waals surface area contributed by atoms with Crippen molar-refractivity contribution < 1.29 is 14.8 Å². The van der Waals surface area contributed by atoms with E-state index in [9.17, 15) is 14.9 Å². The number of carboxylic acids is 1. The molecule has 1 saturated carbocycles. The van der Waals surface area contributed by atoms with Crippen LogP contribution in [0.3, 0.4) is 0 Å². The van der Waals surface area contributed by atoms with Gasteiger partial charge in [0.15, 0.2) is 0 Å². The number of pyridine rings is 1. The summed E-state index contributed by atoms with van der Waals surface area (Å²) in [5, 5.41) is 22.9. The summed E-state index contributed by atoms with van der Waals surface area (Å²) in [4.78, 5) is 25.4. The highest BCUT2D eigenvalue weighted by molar-refractivity contribution is 9.10. The smallest absolute Gasteiger partial charge is 0.312 e. The second-order valence-corrected chi connectivity index (χ2v) is 6.13. The third-order valence-corrected chi connectivity index (χ3v) is 4.22. The Kier molecular flexibility index (Phi) is 5.11. The number of aromatic nitrogens is 1. The van der Waals surface area contributed by atoms with Gasteiger partial charge in [-0.3, -0.25) is 14.9 Å². The van der Waals surface area contributed by atoms with Crippen LogP contribution < -0.4 is 5.32 Å². The van der Waals surface area contributed by atoms with Crippen LogP contribution in [0.2, 0.25) is 0 Å². The SMILES string of the molecule is O=C(O)C1CCC(CNc2ncc(Br)cc2[N+](=O)[O-])CC1. The lowest BCUT2D eigenvalue weighted by atomic mass is 9.82. The largest absolute Gasteiger partial charge is 0.481 e. The summed E-state index contributed by atoms with van der Waals surface area (Å²) in [7, 11) is 0. The molecular weight excluding hydrogens is 342 g/mol. The van der Waals surface area contributed by atoms with Crippen LogP contribution in [-0.4, -0.2) is 27.5 Å². The molecule has 1 aromatic heterocycles. The minimum Gasteiger partial charge on any atom is -0.481 e. The Bertz CT molecular complexity index is 544. The number of hydrogen-bond donors (Lipinski definition) is 2. The fourth-order valence-electron chi connectivity index (χ4n) is 2.56. The number of aliphatic carboxylic acids is 1. The molecule has 0 radical (unpaired) electrons. The first-order chi connectivity index (χ1) is 9.97. The predicted octanol–water partition coefficient (Wildman–Crippen LogP) is 3.06. The van der Waals surface area contributed by atoms with Gasteiger partial charge in [0.1, 0.15) is 0 Å². The standard InChI is InChI=1S/C13H16BrN3O4/c14-10-5-11(17(20)21)12(16-7-10)15-6-8-1-3-9(4-2-8)13(18)19/h5,7-9H,1-4,6H2,(H,15,16)(H,18,19). The summed E-state index contributed by atoms with van der Waals surface area (Å²) in [5.74, 6) is -0.401. The molecule has 0 amide bonds. The van der Waals surface area contributed by atoms with Crippen LogP contribution in [0.5, 0.6) is 0 Å². The summed E-state index contributed by atoms with van der Waals surface area (Å²) in [6, 6.07) is 1.41. The topological polar surface area (TPSA) is 105 Å². The van der Waals surface area contributed by atoms with E-state index in [4.69, 9.17) is 5.11 Å². The van der Waals surface area contributed by atoms with E-state index in [1.165, 1.54) is 12.3 Å². The van der Waals surface area contributed by atoms with Crippen LogP contribution in [0.4, 0.5) is 11.5 Å². The molecule has 1 heterocycles. The summed E-state index contributed by atoms with van der Waals surface area (Å²) in [6.45, 7) is 0.571. The number of nitrogens with one attached hydrogen (secondary N) is 1. The van der Waals surface area contributed by atoms with E-state index in [2.05, 4.69) is 26.2 Å². The minimum atomic E-state index is -0.730. The maximum absolute atomic E-state index is 11.0. The Morgan fingerprint density at radius 1 is 1.48 bits per heavy atom. The maximum atomic E-state index is 11.0. The van der Waals surface area contributed by atoms with Crippen LogP contribution in [-0.2, 0) is 4.79 Å². The molecule has 0 saturated heterocycles. The molecule has 0 bridgehead atoms. The van der Waals surface area contributed by atoms with Crippen molar-refractivity contribution in [2.45, 2.75) is 25.7 Å². The lowest BCUT2D eigenvalue weighted by Crippen LogP contribution is -2.25. The van der Waals surface area contributed by atoms with Gasteiger partial charge in [-0.05, 0) is 47.5 Å². The third kappa shape index (κ3) is 4.13. The van der Waals surface area contributed by atoms with E-state index in [1.54, 1.807) is 0 Å². The summed E-state index contributed by atoms with van der Waals surface area (Å²) < 4.78 is 0.557. The fourth-order valence-corrected chi connectivity index (χ4v) is 2.88. The maximum Gasteiger partial charge on any atom is 0.312 e. The van der Waals surface area contributed by atoms with Crippen molar-refractivity contribution in [3.05, 3.63) is 26.9 Å². The molecule has 0 unspecified atom stereocenters. The van der Waals surface area contributed by atoms with E-state index in [-0.39, 0.29) is 17.4 Å². The van der Waals surface area contributed by atoms with Crippen LogP contribution in [0.1, 0.15) is 25.7 Å². The molecule has 7 nitrogen and oxygen atoms in total. The zero-order valence-electron chi connectivity index (χ0n) is 11.3. The zero-order valence-corrected chi connectivity index (χ0v) is 12.9. The van der Waals surface area contributed by atoms with Gasteiger partial charge in [-0.25, -0.2) is 4.98 Å². The number of rotatable bonds is 5. The van der Waals surface area contributed by atoms with E-state index in [0.29, 0.717) is 29.8 Å². The van der Waals surface area contributed by atoms with Gasteiger partial charge in [-0.2, -0.15) is 0 Å². The molecule has 0 spiro atoms. The number of carboxylic acid groups (broad SMARTS) is 1. The molecular formula is C13H16BrN3O4. The molecule has 21 heavy (non-hydrogen) atoms. The minimum absolute atomic E-state index is 0.0661. The van der Waals surface area contributed by atoms with Crippen LogP contribution >= 0.6 is 15.9 Å². The first-order valence-electron chi connectivity index (χ1n) is 6.74. The number of halogens is 1. The summed E-state index contributed by atoms with van der Waals surface area (Å²) in [6.07, 6.45) is 4.47. The first kappa shape index (κ1) is 15.7. The van der Waals surface area contributed by atoms with Gasteiger partial charge >= 0.3 is 11.7 Å². The van der Waals surface area contributed by atoms with Crippen molar-refractivity contribution in [2.24, 2.45) is 11.8 Å². The number of carbonyl (C=O) groups is 1. The lowest BCUT2D eigenvalue weighted by Gasteiger charge is -2.26. The van der Waals surface area contributed by atoms with Crippen molar-refractivity contribution in [1.82, 2.24) is 4.98 Å². The number of hydrogen-bond acceptors (Lipinski definition) is 5. The zero-order chi connectivity index (χ0) is 15.4. The first-order valence-corrected chi connectivity index (χ1v) is 7.53. The number of nitro groups is 1. The van der Waals surface area contributed by atoms with Crippen molar-refractivity contribution in [2.75, 3.05) is 11.9 Å². The Hall–Kier alpha value is -1.70. The van der Waals surface area contributed by atoms with Crippen molar-refractivity contribution >= 4 is 33.4 Å². The van der Waals surface area contributed by atoms with Crippen molar-refractivity contribution in [1.29, 1.82) is 0 Å². The number of anilines is 1. The number of nitrogens with zero attached hydrogens (tertiary/aromatic N) is 2. The second-order valence-electron chi connectivity index (χ2n) is 5.22. The van der Waals surface area contributed by atoms with E-state index < -0.39 is 10.9 Å². The predicted molar refractivity (Wildman–Crippen MR) is 80.2 cm³/mol. The molecule has 114 valence electrons.